The molecule has 8 heteroatoms. The van der Waals surface area contributed by atoms with Gasteiger partial charge in [0.15, 0.2) is 0 Å². The van der Waals surface area contributed by atoms with Crippen molar-refractivity contribution in [2.75, 3.05) is 30.3 Å². The molecule has 3 aromatic heterocycles. The Hall–Kier alpha value is -2.74. The minimum absolute atomic E-state index is 0.343. The number of piperidine rings is 1. The third-order valence-corrected chi connectivity index (χ3v) is 6.39. The Balaban J connectivity index is 1.25. The first-order chi connectivity index (χ1) is 14.1. The van der Waals surface area contributed by atoms with Gasteiger partial charge in [-0.15, -0.1) is 0 Å². The van der Waals surface area contributed by atoms with E-state index in [2.05, 4.69) is 54.3 Å². The van der Waals surface area contributed by atoms with E-state index >= 15 is 0 Å². The van der Waals surface area contributed by atoms with E-state index in [0.717, 1.165) is 48.2 Å². The molecule has 1 aliphatic carbocycles. The number of pyridine rings is 1. The molecule has 4 heterocycles. The Labute approximate surface area is 170 Å². The summed E-state index contributed by atoms with van der Waals surface area (Å²) in [6, 6.07) is 4.22. The summed E-state index contributed by atoms with van der Waals surface area (Å²) in [5.41, 5.74) is 2.52. The topological polar surface area (TPSA) is 92.6 Å². The van der Waals surface area contributed by atoms with Crippen LogP contribution in [0.25, 0.3) is 11.0 Å². The molecule has 1 spiro atoms. The van der Waals surface area contributed by atoms with Gasteiger partial charge in [0.05, 0.1) is 18.0 Å². The Kier molecular flexibility index (Phi) is 4.58. The van der Waals surface area contributed by atoms with E-state index in [1.54, 1.807) is 12.4 Å². The van der Waals surface area contributed by atoms with Crippen LogP contribution in [-0.4, -0.2) is 44.1 Å². The molecule has 1 unspecified atom stereocenters. The van der Waals surface area contributed by atoms with Crippen molar-refractivity contribution in [1.29, 1.82) is 0 Å². The number of nitrogens with zero attached hydrogens (tertiary/aromatic N) is 5. The number of hydrogen-bond acceptors (Lipinski definition) is 7. The second kappa shape index (κ2) is 7.26. The predicted octanol–water partition coefficient (Wildman–Crippen LogP) is 3.35. The van der Waals surface area contributed by atoms with Gasteiger partial charge in [0.2, 0.25) is 5.95 Å². The van der Waals surface area contributed by atoms with Crippen molar-refractivity contribution in [2.45, 2.75) is 39.2 Å². The molecule has 3 aromatic rings. The van der Waals surface area contributed by atoms with Crippen molar-refractivity contribution in [3.05, 3.63) is 30.9 Å². The van der Waals surface area contributed by atoms with Crippen LogP contribution in [0.3, 0.4) is 0 Å². The van der Waals surface area contributed by atoms with Gasteiger partial charge in [-0.05, 0) is 63.6 Å². The summed E-state index contributed by atoms with van der Waals surface area (Å²) in [4.78, 5) is 17.9. The molecular weight excluding hydrogens is 364 g/mol. The maximum atomic E-state index is 4.62. The number of nitrogens with one attached hydrogen (secondary N) is 3. The Bertz CT molecular complexity index is 1000. The highest BCUT2D eigenvalue weighted by Gasteiger charge is 2.53. The van der Waals surface area contributed by atoms with Gasteiger partial charge < -0.3 is 20.5 Å². The van der Waals surface area contributed by atoms with E-state index in [4.69, 9.17) is 0 Å². The zero-order valence-electron chi connectivity index (χ0n) is 17.0. The van der Waals surface area contributed by atoms with Gasteiger partial charge in [0, 0.05) is 24.8 Å². The Morgan fingerprint density at radius 3 is 2.90 bits per heavy atom. The highest BCUT2D eigenvalue weighted by Crippen LogP contribution is 2.58. The number of aromatic nitrogens is 5. The quantitative estimate of drug-likeness (QED) is 0.592. The highest BCUT2D eigenvalue weighted by molar-refractivity contribution is 5.78. The molecule has 5 rings (SSSR count). The Morgan fingerprint density at radius 1 is 1.21 bits per heavy atom. The van der Waals surface area contributed by atoms with Crippen LogP contribution in [0.4, 0.5) is 17.6 Å². The maximum Gasteiger partial charge on any atom is 0.224 e. The van der Waals surface area contributed by atoms with Crippen LogP contribution < -0.4 is 16.0 Å². The molecule has 1 aliphatic heterocycles. The number of hydrogen-bond donors (Lipinski definition) is 3. The van der Waals surface area contributed by atoms with Crippen molar-refractivity contribution in [1.82, 2.24) is 29.8 Å². The molecule has 0 radical (unpaired) electrons. The molecule has 2 fully saturated rings. The van der Waals surface area contributed by atoms with E-state index in [-0.39, 0.29) is 0 Å². The lowest BCUT2D eigenvalue weighted by atomic mass is 9.92. The van der Waals surface area contributed by atoms with Crippen LogP contribution in [0.1, 0.15) is 39.2 Å². The van der Waals surface area contributed by atoms with Crippen molar-refractivity contribution >= 4 is 28.6 Å². The van der Waals surface area contributed by atoms with Crippen LogP contribution in [0, 0.1) is 11.3 Å². The van der Waals surface area contributed by atoms with Crippen LogP contribution in [0.15, 0.2) is 30.9 Å². The van der Waals surface area contributed by atoms with Gasteiger partial charge in [0.1, 0.15) is 17.2 Å². The Morgan fingerprint density at radius 2 is 2.07 bits per heavy atom. The number of rotatable bonds is 6. The van der Waals surface area contributed by atoms with Crippen LogP contribution in [0.2, 0.25) is 0 Å². The first-order valence-electron chi connectivity index (χ1n) is 10.5. The molecule has 29 heavy (non-hydrogen) atoms. The summed E-state index contributed by atoms with van der Waals surface area (Å²) in [5.74, 6) is 2.89. The average Bonchev–Trinajstić information content (AvgIpc) is 3.19. The highest BCUT2D eigenvalue weighted by atomic mass is 15.2. The molecule has 152 valence electrons. The molecule has 1 atom stereocenters. The smallest absolute Gasteiger partial charge is 0.224 e. The summed E-state index contributed by atoms with van der Waals surface area (Å²) in [6.07, 6.45) is 9.35. The molecule has 0 bridgehead atoms. The monoisotopic (exact) mass is 392 g/mol. The van der Waals surface area contributed by atoms with E-state index < -0.39 is 0 Å². The van der Waals surface area contributed by atoms with Gasteiger partial charge in [-0.2, -0.15) is 4.98 Å². The SMILES string of the molecule is CC(C)n1cnc2cnc(Nc3ccnc(NCC4CC45CCNCC5)n3)cc21. The molecule has 1 saturated heterocycles. The summed E-state index contributed by atoms with van der Waals surface area (Å²) in [7, 11) is 0. The van der Waals surface area contributed by atoms with Gasteiger partial charge >= 0.3 is 0 Å². The van der Waals surface area contributed by atoms with Gasteiger partial charge in [-0.1, -0.05) is 0 Å². The molecule has 3 N–H and O–H groups in total. The van der Waals surface area contributed by atoms with Crippen molar-refractivity contribution in [3.63, 3.8) is 0 Å². The van der Waals surface area contributed by atoms with Gasteiger partial charge in [-0.3, -0.25) is 0 Å². The normalized spacial score (nSPS) is 20.3. The molecule has 0 aromatic carbocycles. The van der Waals surface area contributed by atoms with Crippen LogP contribution >= 0.6 is 0 Å². The summed E-state index contributed by atoms with van der Waals surface area (Å²) < 4.78 is 2.14. The molecule has 2 aliphatic rings. The first-order valence-corrected chi connectivity index (χ1v) is 10.5. The fourth-order valence-electron chi connectivity index (χ4n) is 4.53. The minimum atomic E-state index is 0.343. The van der Waals surface area contributed by atoms with Crippen molar-refractivity contribution in [3.8, 4) is 0 Å². The van der Waals surface area contributed by atoms with E-state index in [1.807, 2.05) is 18.5 Å². The standard InChI is InChI=1S/C21H28N8/c1-14(2)29-13-26-16-12-24-19(9-17(16)29)27-18-3-6-23-20(28-18)25-11-15-10-21(15)4-7-22-8-5-21/h3,6,9,12-15,22H,4-5,7-8,10-11H2,1-2H3,(H2,23,24,25,27,28). The zero-order chi connectivity index (χ0) is 19.8. The van der Waals surface area contributed by atoms with Gasteiger partial charge in [-0.25, -0.2) is 15.0 Å². The van der Waals surface area contributed by atoms with E-state index in [9.17, 15) is 0 Å². The molecule has 8 nitrogen and oxygen atoms in total. The third-order valence-electron chi connectivity index (χ3n) is 6.39. The first kappa shape index (κ1) is 18.3. The zero-order valence-corrected chi connectivity index (χ0v) is 17.0. The molecular formula is C21H28N8. The molecule has 0 amide bonds. The van der Waals surface area contributed by atoms with Crippen LogP contribution in [-0.2, 0) is 0 Å². The van der Waals surface area contributed by atoms with Gasteiger partial charge in [0.25, 0.3) is 0 Å². The van der Waals surface area contributed by atoms with Crippen molar-refractivity contribution < 1.29 is 0 Å². The lowest BCUT2D eigenvalue weighted by Gasteiger charge is -2.23. The number of imidazole rings is 1. The van der Waals surface area contributed by atoms with E-state index in [0.29, 0.717) is 17.4 Å². The second-order valence-electron chi connectivity index (χ2n) is 8.59. The average molecular weight is 393 g/mol. The lowest BCUT2D eigenvalue weighted by Crippen LogP contribution is -2.30. The largest absolute Gasteiger partial charge is 0.354 e. The number of fused-ring (bicyclic) bond motifs is 1. The minimum Gasteiger partial charge on any atom is -0.354 e. The van der Waals surface area contributed by atoms with Crippen LogP contribution in [0.5, 0.6) is 0 Å². The third kappa shape index (κ3) is 3.64. The predicted molar refractivity (Wildman–Crippen MR) is 114 cm³/mol. The van der Waals surface area contributed by atoms with Crippen molar-refractivity contribution in [2.24, 2.45) is 11.3 Å². The summed E-state index contributed by atoms with van der Waals surface area (Å²) >= 11 is 0. The number of anilines is 3. The fourth-order valence-corrected chi connectivity index (χ4v) is 4.53. The second-order valence-corrected chi connectivity index (χ2v) is 8.59. The maximum absolute atomic E-state index is 4.62. The summed E-state index contributed by atoms with van der Waals surface area (Å²) in [6.45, 7) is 7.54. The van der Waals surface area contributed by atoms with E-state index in [1.165, 1.54) is 19.3 Å². The molecule has 1 saturated carbocycles. The fraction of sp³-hybridized carbons (Fsp3) is 0.524. The lowest BCUT2D eigenvalue weighted by molar-refractivity contribution is 0.326. The summed E-state index contributed by atoms with van der Waals surface area (Å²) in [5, 5.41) is 10.2.